The second-order valence-corrected chi connectivity index (χ2v) is 4.67. The van der Waals surface area contributed by atoms with Gasteiger partial charge in [0.05, 0.1) is 0 Å². The molecule has 0 spiro atoms. The summed E-state index contributed by atoms with van der Waals surface area (Å²) >= 11 is 0.968. The number of nitrogens with zero attached hydrogens (tertiary/aromatic N) is 2. The zero-order valence-corrected chi connectivity index (χ0v) is 10.4. The molecule has 8 heteroatoms. The fraction of sp³-hybridized carbons (Fsp3) is 0.400. The van der Waals surface area contributed by atoms with Crippen LogP contribution in [0.3, 0.4) is 0 Å². The van der Waals surface area contributed by atoms with Crippen molar-refractivity contribution in [2.75, 3.05) is 13.1 Å². The second kappa shape index (κ2) is 4.73. The van der Waals surface area contributed by atoms with Gasteiger partial charge in [-0.3, -0.25) is 9.59 Å². The molecule has 2 amide bonds. The lowest BCUT2D eigenvalue weighted by Gasteiger charge is -2.32. The highest BCUT2D eigenvalue weighted by atomic mass is 32.1. The van der Waals surface area contributed by atoms with Gasteiger partial charge in [0.2, 0.25) is 5.91 Å². The molecule has 0 radical (unpaired) electrons. The first-order chi connectivity index (χ1) is 8.50. The first-order valence-electron chi connectivity index (χ1n) is 5.28. The zero-order chi connectivity index (χ0) is 13.3. The molecule has 1 aliphatic heterocycles. The van der Waals surface area contributed by atoms with Crippen LogP contribution in [0.2, 0.25) is 0 Å². The molecule has 1 saturated heterocycles. The largest absolute Gasteiger partial charge is 0.476 e. The van der Waals surface area contributed by atoms with Gasteiger partial charge in [-0.05, 0) is 6.92 Å². The van der Waals surface area contributed by atoms with Crippen molar-refractivity contribution in [2.24, 2.45) is 0 Å². The minimum Gasteiger partial charge on any atom is -0.476 e. The van der Waals surface area contributed by atoms with Crippen LogP contribution in [-0.2, 0) is 4.79 Å². The zero-order valence-electron chi connectivity index (χ0n) is 9.54. The van der Waals surface area contributed by atoms with Crippen molar-refractivity contribution in [3.63, 3.8) is 0 Å². The van der Waals surface area contributed by atoms with E-state index in [9.17, 15) is 14.4 Å². The van der Waals surface area contributed by atoms with Gasteiger partial charge in [-0.15, -0.1) is 11.3 Å². The van der Waals surface area contributed by atoms with E-state index < -0.39 is 17.9 Å². The van der Waals surface area contributed by atoms with Crippen LogP contribution >= 0.6 is 11.3 Å². The van der Waals surface area contributed by atoms with Crippen molar-refractivity contribution in [2.45, 2.75) is 13.0 Å². The molecule has 0 aliphatic carbocycles. The highest BCUT2D eigenvalue weighted by Crippen LogP contribution is 2.15. The number of piperazine rings is 1. The highest BCUT2D eigenvalue weighted by Gasteiger charge is 2.31. The summed E-state index contributed by atoms with van der Waals surface area (Å²) in [5.74, 6) is -1.80. The predicted octanol–water partition coefficient (Wildman–Crippen LogP) is -0.198. The van der Waals surface area contributed by atoms with Gasteiger partial charge in [0, 0.05) is 18.5 Å². The number of amides is 2. The second-order valence-electron chi connectivity index (χ2n) is 3.81. The van der Waals surface area contributed by atoms with Crippen LogP contribution in [0.1, 0.15) is 27.2 Å². The number of carboxylic acid groups (broad SMARTS) is 1. The topological polar surface area (TPSA) is 99.6 Å². The summed E-state index contributed by atoms with van der Waals surface area (Å²) in [5, 5.41) is 12.8. The summed E-state index contributed by atoms with van der Waals surface area (Å²) in [6.07, 6.45) is 0. The Labute approximate surface area is 106 Å². The quantitative estimate of drug-likeness (QED) is 0.774. The third-order valence-corrected chi connectivity index (χ3v) is 3.50. The van der Waals surface area contributed by atoms with Crippen LogP contribution in [0.4, 0.5) is 0 Å². The van der Waals surface area contributed by atoms with Crippen molar-refractivity contribution >= 4 is 29.1 Å². The summed E-state index contributed by atoms with van der Waals surface area (Å²) in [7, 11) is 0. The van der Waals surface area contributed by atoms with Gasteiger partial charge < -0.3 is 15.3 Å². The lowest BCUT2D eigenvalue weighted by Crippen LogP contribution is -2.55. The number of nitrogens with one attached hydrogen (secondary N) is 1. The number of aromatic carboxylic acids is 1. The Morgan fingerprint density at radius 3 is 2.94 bits per heavy atom. The number of hydrogen-bond acceptors (Lipinski definition) is 5. The molecule has 1 aromatic rings. The van der Waals surface area contributed by atoms with Crippen LogP contribution in [0.5, 0.6) is 0 Å². The van der Waals surface area contributed by atoms with Crippen LogP contribution < -0.4 is 5.32 Å². The molecule has 7 nitrogen and oxygen atoms in total. The maximum atomic E-state index is 12.1. The molecule has 96 valence electrons. The van der Waals surface area contributed by atoms with E-state index in [1.165, 1.54) is 10.3 Å². The van der Waals surface area contributed by atoms with E-state index in [0.717, 1.165) is 11.3 Å². The van der Waals surface area contributed by atoms with Gasteiger partial charge in [0.25, 0.3) is 5.91 Å². The first-order valence-corrected chi connectivity index (χ1v) is 6.16. The van der Waals surface area contributed by atoms with E-state index in [1.807, 2.05) is 0 Å². The summed E-state index contributed by atoms with van der Waals surface area (Å²) in [6, 6.07) is -0.566. The van der Waals surface area contributed by atoms with Crippen LogP contribution in [0, 0.1) is 0 Å². The van der Waals surface area contributed by atoms with E-state index in [0.29, 0.717) is 13.1 Å². The molecule has 18 heavy (non-hydrogen) atoms. The average molecular weight is 269 g/mol. The van der Waals surface area contributed by atoms with E-state index in [-0.39, 0.29) is 16.6 Å². The van der Waals surface area contributed by atoms with Crippen molar-refractivity contribution < 1.29 is 19.5 Å². The first kappa shape index (κ1) is 12.5. The molecule has 1 aromatic heterocycles. The van der Waals surface area contributed by atoms with Crippen LogP contribution in [0.25, 0.3) is 0 Å². The lowest BCUT2D eigenvalue weighted by atomic mass is 10.2. The fourth-order valence-electron chi connectivity index (χ4n) is 1.65. The number of rotatable bonds is 2. The number of thiazole rings is 1. The smallest absolute Gasteiger partial charge is 0.355 e. The fourth-order valence-corrected chi connectivity index (χ4v) is 2.40. The maximum Gasteiger partial charge on any atom is 0.355 e. The molecule has 1 fully saturated rings. The maximum absolute atomic E-state index is 12.1. The van der Waals surface area contributed by atoms with E-state index in [2.05, 4.69) is 10.3 Å². The van der Waals surface area contributed by atoms with Gasteiger partial charge in [-0.1, -0.05) is 0 Å². The third-order valence-electron chi connectivity index (χ3n) is 2.67. The molecule has 1 unspecified atom stereocenters. The van der Waals surface area contributed by atoms with E-state index >= 15 is 0 Å². The summed E-state index contributed by atoms with van der Waals surface area (Å²) in [6.45, 7) is 2.41. The molecule has 0 bridgehead atoms. The van der Waals surface area contributed by atoms with Gasteiger partial charge in [0.15, 0.2) is 10.7 Å². The minimum atomic E-state index is -1.17. The molecule has 1 aliphatic rings. The predicted molar refractivity (Wildman–Crippen MR) is 62.6 cm³/mol. The van der Waals surface area contributed by atoms with Crippen molar-refractivity contribution in [1.29, 1.82) is 0 Å². The van der Waals surface area contributed by atoms with E-state index in [1.54, 1.807) is 6.92 Å². The van der Waals surface area contributed by atoms with Gasteiger partial charge in [-0.2, -0.15) is 0 Å². The Morgan fingerprint density at radius 2 is 2.33 bits per heavy atom. The Kier molecular flexibility index (Phi) is 3.28. The molecule has 2 N–H and O–H groups in total. The molecule has 1 atom stereocenters. The third kappa shape index (κ3) is 2.19. The lowest BCUT2D eigenvalue weighted by molar-refractivity contribution is -0.127. The molecule has 0 aromatic carbocycles. The van der Waals surface area contributed by atoms with Crippen LogP contribution in [0.15, 0.2) is 5.38 Å². The Bertz CT molecular complexity index is 513. The molecule has 0 saturated carbocycles. The molecule has 2 heterocycles. The van der Waals surface area contributed by atoms with Gasteiger partial charge in [0.1, 0.15) is 6.04 Å². The number of carbonyl (C=O) groups excluding carboxylic acids is 2. The number of aromatic nitrogens is 1. The molecular weight excluding hydrogens is 258 g/mol. The van der Waals surface area contributed by atoms with Crippen LogP contribution in [-0.4, -0.2) is 51.9 Å². The monoisotopic (exact) mass is 269 g/mol. The highest BCUT2D eigenvalue weighted by molar-refractivity contribution is 7.11. The minimum absolute atomic E-state index is 0.0916. The summed E-state index contributed by atoms with van der Waals surface area (Å²) in [5.41, 5.74) is -0.155. The Morgan fingerprint density at radius 1 is 1.61 bits per heavy atom. The number of carboxylic acids is 1. The number of hydrogen-bond donors (Lipinski definition) is 2. The Balaban J connectivity index is 2.19. The average Bonchev–Trinajstić information content (AvgIpc) is 2.81. The summed E-state index contributed by atoms with van der Waals surface area (Å²) < 4.78 is 0. The van der Waals surface area contributed by atoms with Gasteiger partial charge >= 0.3 is 5.97 Å². The molecule has 2 rings (SSSR count). The number of carbonyl (C=O) groups is 3. The molecular formula is C10H11N3O4S. The normalized spacial score (nSPS) is 19.5. The van der Waals surface area contributed by atoms with Gasteiger partial charge in [-0.25, -0.2) is 9.78 Å². The van der Waals surface area contributed by atoms with Crippen molar-refractivity contribution in [3.8, 4) is 0 Å². The van der Waals surface area contributed by atoms with Crippen molar-refractivity contribution in [3.05, 3.63) is 16.1 Å². The Hall–Kier alpha value is -1.96. The SMILES string of the molecule is CC1C(=O)NCCN1C(=O)c1nc(C(=O)O)cs1. The van der Waals surface area contributed by atoms with E-state index in [4.69, 9.17) is 5.11 Å². The standard InChI is InChI=1S/C10H11N3O4S/c1-5-7(14)11-2-3-13(5)9(15)8-12-6(4-18-8)10(16)17/h4-5H,2-3H2,1H3,(H,11,14)(H,16,17). The summed E-state index contributed by atoms with van der Waals surface area (Å²) in [4.78, 5) is 39.3. The van der Waals surface area contributed by atoms with Crippen molar-refractivity contribution in [1.82, 2.24) is 15.2 Å².